The van der Waals surface area contributed by atoms with Crippen LogP contribution in [0.1, 0.15) is 189 Å². The summed E-state index contributed by atoms with van der Waals surface area (Å²) in [6, 6.07) is 6.62. The van der Waals surface area contributed by atoms with Gasteiger partial charge >= 0.3 is 11.9 Å². The molecule has 0 amide bonds. The molecule has 4 heteroatoms. The van der Waals surface area contributed by atoms with Crippen LogP contribution in [0.25, 0.3) is 0 Å². The smallest absolute Gasteiger partial charge is 0.338 e. The van der Waals surface area contributed by atoms with Gasteiger partial charge in [0.05, 0.1) is 24.3 Å². The van der Waals surface area contributed by atoms with E-state index in [1.54, 1.807) is 24.3 Å². The molecule has 0 radical (unpaired) electrons. The number of hydrogen-bond donors (Lipinski definition) is 0. The van der Waals surface area contributed by atoms with Crippen molar-refractivity contribution in [3.8, 4) is 0 Å². The summed E-state index contributed by atoms with van der Waals surface area (Å²) in [7, 11) is 0. The van der Waals surface area contributed by atoms with Crippen LogP contribution in [-0.2, 0) is 9.47 Å². The lowest BCUT2D eigenvalue weighted by Crippen LogP contribution is -2.09. The molecule has 0 aliphatic heterocycles. The summed E-state index contributed by atoms with van der Waals surface area (Å²) in [5, 5.41) is 0. The van der Waals surface area contributed by atoms with Crippen molar-refractivity contribution < 1.29 is 19.1 Å². The molecule has 0 unspecified atom stereocenters. The van der Waals surface area contributed by atoms with Crippen LogP contribution < -0.4 is 0 Å². The fourth-order valence-electron chi connectivity index (χ4n) is 5.18. The maximum atomic E-state index is 12.3. The van der Waals surface area contributed by atoms with Crippen LogP contribution in [0.3, 0.4) is 0 Å². The second-order valence-corrected chi connectivity index (χ2v) is 12.0. The third-order valence-electron chi connectivity index (χ3n) is 7.98. The van der Waals surface area contributed by atoms with Crippen molar-refractivity contribution in [3.63, 3.8) is 0 Å². The first kappa shape index (κ1) is 37.9. The van der Waals surface area contributed by atoms with E-state index < -0.39 is 0 Å². The standard InChI is InChI=1S/C38H64O4/c1-3-5-7-9-11-13-15-16-17-18-19-20-22-24-26-28-34-42-38(40)36-31-29-35(30-32-36)37(39)41-33-27-25-23-21-14-12-10-8-6-4-2/h16-17,29-32H,3-15,18-28,33-34H2,1-2H3. The summed E-state index contributed by atoms with van der Waals surface area (Å²) in [6.07, 6.45) is 34.9. The summed E-state index contributed by atoms with van der Waals surface area (Å²) < 4.78 is 10.8. The zero-order valence-corrected chi connectivity index (χ0v) is 27.5. The number of rotatable bonds is 29. The van der Waals surface area contributed by atoms with E-state index in [2.05, 4.69) is 26.0 Å². The third-order valence-corrected chi connectivity index (χ3v) is 7.98. The van der Waals surface area contributed by atoms with Gasteiger partial charge in [-0.25, -0.2) is 9.59 Å². The second kappa shape index (κ2) is 29.0. The van der Waals surface area contributed by atoms with Crippen molar-refractivity contribution in [2.24, 2.45) is 0 Å². The number of benzene rings is 1. The lowest BCUT2D eigenvalue weighted by Gasteiger charge is -2.07. The van der Waals surface area contributed by atoms with Crippen molar-refractivity contribution in [2.75, 3.05) is 13.2 Å². The molecule has 240 valence electrons. The third kappa shape index (κ3) is 22.5. The predicted molar refractivity (Wildman–Crippen MR) is 178 cm³/mol. The Morgan fingerprint density at radius 1 is 0.452 bits per heavy atom. The van der Waals surface area contributed by atoms with Gasteiger partial charge in [-0.2, -0.15) is 0 Å². The molecule has 0 spiro atoms. The maximum absolute atomic E-state index is 12.3. The molecule has 42 heavy (non-hydrogen) atoms. The monoisotopic (exact) mass is 584 g/mol. The minimum absolute atomic E-state index is 0.324. The molecule has 1 aromatic rings. The number of esters is 2. The first-order valence-corrected chi connectivity index (χ1v) is 17.8. The molecule has 4 nitrogen and oxygen atoms in total. The van der Waals surface area contributed by atoms with Crippen LogP contribution in [-0.4, -0.2) is 25.2 Å². The first-order valence-electron chi connectivity index (χ1n) is 17.8. The van der Waals surface area contributed by atoms with Gasteiger partial charge in [0.25, 0.3) is 0 Å². The molecule has 0 saturated heterocycles. The molecule has 0 fully saturated rings. The summed E-state index contributed by atoms with van der Waals surface area (Å²) in [4.78, 5) is 24.6. The van der Waals surface area contributed by atoms with Gasteiger partial charge in [0.15, 0.2) is 0 Å². The van der Waals surface area contributed by atoms with Crippen molar-refractivity contribution in [1.29, 1.82) is 0 Å². The first-order chi connectivity index (χ1) is 20.7. The average Bonchev–Trinajstić information content (AvgIpc) is 3.01. The highest BCUT2D eigenvalue weighted by molar-refractivity contribution is 5.93. The van der Waals surface area contributed by atoms with Crippen LogP contribution in [0.4, 0.5) is 0 Å². The van der Waals surface area contributed by atoms with Crippen LogP contribution in [0, 0.1) is 0 Å². The Labute approximate surface area is 259 Å². The van der Waals surface area contributed by atoms with E-state index in [9.17, 15) is 9.59 Å². The number of carbonyl (C=O) groups excluding carboxylic acids is 2. The van der Waals surface area contributed by atoms with Crippen LogP contribution in [0.15, 0.2) is 36.4 Å². The Kier molecular flexibility index (Phi) is 26.2. The summed E-state index contributed by atoms with van der Waals surface area (Å²) in [6.45, 7) is 5.42. The molecule has 1 rings (SSSR count). The van der Waals surface area contributed by atoms with Gasteiger partial charge in [0, 0.05) is 0 Å². The van der Waals surface area contributed by atoms with Gasteiger partial charge in [-0.05, 0) is 62.8 Å². The normalized spacial score (nSPS) is 11.3. The number of carbonyl (C=O) groups is 2. The highest BCUT2D eigenvalue weighted by Crippen LogP contribution is 2.13. The zero-order chi connectivity index (χ0) is 30.4. The fraction of sp³-hybridized carbons (Fsp3) is 0.737. The Hall–Kier alpha value is -2.10. The Morgan fingerprint density at radius 3 is 1.07 bits per heavy atom. The van der Waals surface area contributed by atoms with E-state index in [1.807, 2.05) is 0 Å². The quantitative estimate of drug-likeness (QED) is 0.0534. The molecular weight excluding hydrogens is 520 g/mol. The van der Waals surface area contributed by atoms with Gasteiger partial charge in [-0.1, -0.05) is 142 Å². The van der Waals surface area contributed by atoms with Crippen LogP contribution in [0.2, 0.25) is 0 Å². The minimum atomic E-state index is -0.326. The van der Waals surface area contributed by atoms with Crippen molar-refractivity contribution in [3.05, 3.63) is 47.5 Å². The lowest BCUT2D eigenvalue weighted by molar-refractivity contribution is 0.0483. The maximum Gasteiger partial charge on any atom is 0.338 e. The minimum Gasteiger partial charge on any atom is -0.462 e. The van der Waals surface area contributed by atoms with Crippen molar-refractivity contribution in [1.82, 2.24) is 0 Å². The molecule has 0 bridgehead atoms. The number of unbranched alkanes of at least 4 members (excludes halogenated alkanes) is 21. The summed E-state index contributed by atoms with van der Waals surface area (Å²) >= 11 is 0. The Morgan fingerprint density at radius 2 is 0.738 bits per heavy atom. The van der Waals surface area contributed by atoms with E-state index in [0.717, 1.165) is 25.7 Å². The highest BCUT2D eigenvalue weighted by atomic mass is 16.5. The van der Waals surface area contributed by atoms with Crippen molar-refractivity contribution >= 4 is 11.9 Å². The van der Waals surface area contributed by atoms with Gasteiger partial charge in [0.2, 0.25) is 0 Å². The zero-order valence-electron chi connectivity index (χ0n) is 27.5. The second-order valence-electron chi connectivity index (χ2n) is 12.0. The van der Waals surface area contributed by atoms with Gasteiger partial charge in [-0.15, -0.1) is 0 Å². The van der Waals surface area contributed by atoms with E-state index in [0.29, 0.717) is 24.3 Å². The van der Waals surface area contributed by atoms with Gasteiger partial charge in [-0.3, -0.25) is 0 Å². The predicted octanol–water partition coefficient (Wildman–Crippen LogP) is 12.0. The molecule has 0 heterocycles. The molecular formula is C38H64O4. The summed E-state index contributed by atoms with van der Waals surface area (Å²) in [5.74, 6) is -0.650. The fourth-order valence-corrected chi connectivity index (χ4v) is 5.18. The van der Waals surface area contributed by atoms with E-state index in [-0.39, 0.29) is 11.9 Å². The highest BCUT2D eigenvalue weighted by Gasteiger charge is 2.11. The summed E-state index contributed by atoms with van der Waals surface area (Å²) in [5.41, 5.74) is 0.956. The molecule has 0 aliphatic carbocycles. The Balaban J connectivity index is 1.98. The largest absolute Gasteiger partial charge is 0.462 e. The van der Waals surface area contributed by atoms with Gasteiger partial charge in [0.1, 0.15) is 0 Å². The molecule has 0 N–H and O–H groups in total. The van der Waals surface area contributed by atoms with E-state index >= 15 is 0 Å². The van der Waals surface area contributed by atoms with Gasteiger partial charge < -0.3 is 9.47 Å². The van der Waals surface area contributed by atoms with E-state index in [4.69, 9.17) is 9.47 Å². The SMILES string of the molecule is CCCCCCCCC=CCCCCCCCCOC(=O)c1ccc(C(=O)OCCCCCCCCCCCC)cc1. The Bertz CT molecular complexity index is 783. The van der Waals surface area contributed by atoms with E-state index in [1.165, 1.54) is 128 Å². The molecule has 0 aliphatic rings. The average molecular weight is 585 g/mol. The molecule has 1 aromatic carbocycles. The number of ether oxygens (including phenoxy) is 2. The lowest BCUT2D eigenvalue weighted by atomic mass is 10.1. The number of allylic oxidation sites excluding steroid dienone is 2. The van der Waals surface area contributed by atoms with Crippen LogP contribution in [0.5, 0.6) is 0 Å². The number of hydrogen-bond acceptors (Lipinski definition) is 4. The van der Waals surface area contributed by atoms with Crippen molar-refractivity contribution in [2.45, 2.75) is 168 Å². The topological polar surface area (TPSA) is 52.6 Å². The van der Waals surface area contributed by atoms with Crippen LogP contribution >= 0.6 is 0 Å². The molecule has 0 atom stereocenters. The molecule has 0 saturated carbocycles. The molecule has 0 aromatic heterocycles.